The fourth-order valence-electron chi connectivity index (χ4n) is 2.18. The maximum Gasteiger partial charge on any atom is 0.416 e. The van der Waals surface area contributed by atoms with Crippen molar-refractivity contribution in [3.63, 3.8) is 0 Å². The number of aromatic amines is 1. The van der Waals surface area contributed by atoms with E-state index in [0.717, 1.165) is 12.1 Å². The number of nitrogens with one attached hydrogen (secondary N) is 1. The smallest absolute Gasteiger partial charge is 0.352 e. The highest BCUT2D eigenvalue weighted by Gasteiger charge is 2.30. The molecule has 6 heteroatoms. The molecule has 0 aliphatic heterocycles. The number of aromatic nitrogens is 1. The molecular weight excluding hydrogens is 315 g/mol. The van der Waals surface area contributed by atoms with Crippen LogP contribution in [0.25, 0.3) is 10.9 Å². The standard InChI is InChI=1S/C16H9ClF3NO/c17-12-5-2-9(3-6-12)15(22)14-7-10-1-4-11(16(18,19)20)8-13(10)21-14/h1-8,21H. The number of carbonyl (C=O) groups is 1. The van der Waals surface area contributed by atoms with E-state index in [1.165, 1.54) is 12.1 Å². The Bertz CT molecular complexity index is 850. The first-order valence-electron chi connectivity index (χ1n) is 6.35. The molecule has 1 aromatic heterocycles. The molecule has 1 heterocycles. The van der Waals surface area contributed by atoms with E-state index < -0.39 is 11.7 Å². The van der Waals surface area contributed by atoms with Gasteiger partial charge in [-0.15, -0.1) is 0 Å². The molecule has 1 N–H and O–H groups in total. The third-order valence-corrected chi connectivity index (χ3v) is 3.55. The summed E-state index contributed by atoms with van der Waals surface area (Å²) in [5.74, 6) is -0.304. The van der Waals surface area contributed by atoms with E-state index >= 15 is 0 Å². The van der Waals surface area contributed by atoms with E-state index in [4.69, 9.17) is 11.6 Å². The zero-order valence-corrected chi connectivity index (χ0v) is 11.8. The van der Waals surface area contributed by atoms with E-state index in [0.29, 0.717) is 16.0 Å². The number of rotatable bonds is 2. The van der Waals surface area contributed by atoms with Gasteiger partial charge < -0.3 is 4.98 Å². The van der Waals surface area contributed by atoms with Gasteiger partial charge in [0, 0.05) is 21.5 Å². The van der Waals surface area contributed by atoms with Gasteiger partial charge in [-0.1, -0.05) is 17.7 Å². The van der Waals surface area contributed by atoms with Crippen LogP contribution in [0.5, 0.6) is 0 Å². The average molecular weight is 324 g/mol. The van der Waals surface area contributed by atoms with Gasteiger partial charge in [0.05, 0.1) is 11.3 Å². The van der Waals surface area contributed by atoms with Crippen LogP contribution in [0.3, 0.4) is 0 Å². The zero-order chi connectivity index (χ0) is 15.9. The predicted octanol–water partition coefficient (Wildman–Crippen LogP) is 5.07. The number of fused-ring (bicyclic) bond motifs is 1. The van der Waals surface area contributed by atoms with Gasteiger partial charge in [-0.25, -0.2) is 0 Å². The van der Waals surface area contributed by atoms with Gasteiger partial charge in [0.15, 0.2) is 0 Å². The summed E-state index contributed by atoms with van der Waals surface area (Å²) in [7, 11) is 0. The van der Waals surface area contributed by atoms with Gasteiger partial charge in [-0.2, -0.15) is 13.2 Å². The number of halogens is 4. The van der Waals surface area contributed by atoms with Gasteiger partial charge in [-0.05, 0) is 42.5 Å². The van der Waals surface area contributed by atoms with Crippen molar-refractivity contribution in [3.8, 4) is 0 Å². The fraction of sp³-hybridized carbons (Fsp3) is 0.0625. The van der Waals surface area contributed by atoms with Crippen LogP contribution in [-0.2, 0) is 6.18 Å². The topological polar surface area (TPSA) is 32.9 Å². The van der Waals surface area contributed by atoms with Crippen LogP contribution in [0.15, 0.2) is 48.5 Å². The molecule has 0 unspecified atom stereocenters. The lowest BCUT2D eigenvalue weighted by atomic mass is 10.1. The lowest BCUT2D eigenvalue weighted by Gasteiger charge is -2.05. The molecule has 0 saturated heterocycles. The van der Waals surface area contributed by atoms with Crippen molar-refractivity contribution in [3.05, 3.63) is 70.4 Å². The first-order chi connectivity index (χ1) is 10.3. The lowest BCUT2D eigenvalue weighted by Crippen LogP contribution is -2.04. The van der Waals surface area contributed by atoms with Crippen LogP contribution in [0, 0.1) is 0 Å². The molecular formula is C16H9ClF3NO. The number of hydrogen-bond donors (Lipinski definition) is 1. The lowest BCUT2D eigenvalue weighted by molar-refractivity contribution is -0.137. The minimum atomic E-state index is -4.42. The van der Waals surface area contributed by atoms with E-state index in [9.17, 15) is 18.0 Å². The first-order valence-corrected chi connectivity index (χ1v) is 6.72. The summed E-state index contributed by atoms with van der Waals surface area (Å²) in [5, 5.41) is 1.05. The fourth-order valence-corrected chi connectivity index (χ4v) is 2.31. The highest BCUT2D eigenvalue weighted by Crippen LogP contribution is 2.31. The molecule has 112 valence electrons. The van der Waals surface area contributed by atoms with Crippen molar-refractivity contribution in [2.45, 2.75) is 6.18 Å². The Balaban J connectivity index is 2.01. The molecule has 0 aliphatic carbocycles. The first kappa shape index (κ1) is 14.7. The van der Waals surface area contributed by atoms with Gasteiger partial charge in [0.25, 0.3) is 0 Å². The molecule has 22 heavy (non-hydrogen) atoms. The highest BCUT2D eigenvalue weighted by molar-refractivity contribution is 6.30. The number of carbonyl (C=O) groups excluding carboxylic acids is 1. The van der Waals surface area contributed by atoms with Crippen LogP contribution in [0.1, 0.15) is 21.6 Å². The van der Waals surface area contributed by atoms with Crippen molar-refractivity contribution in [1.29, 1.82) is 0 Å². The second kappa shape index (κ2) is 5.18. The third kappa shape index (κ3) is 2.72. The molecule has 0 fully saturated rings. The Kier molecular flexibility index (Phi) is 3.45. The Labute approximate surface area is 128 Å². The van der Waals surface area contributed by atoms with Crippen molar-refractivity contribution in [2.75, 3.05) is 0 Å². The predicted molar refractivity (Wildman–Crippen MR) is 78.2 cm³/mol. The minimum absolute atomic E-state index is 0.233. The van der Waals surface area contributed by atoms with Crippen molar-refractivity contribution in [1.82, 2.24) is 4.98 Å². The number of benzene rings is 2. The Morgan fingerprint density at radius 1 is 1.00 bits per heavy atom. The molecule has 3 rings (SSSR count). The second-order valence-corrected chi connectivity index (χ2v) is 5.26. The summed E-state index contributed by atoms with van der Waals surface area (Å²) in [5.41, 5.74) is 0.156. The summed E-state index contributed by atoms with van der Waals surface area (Å²) in [6, 6.07) is 11.2. The number of ketones is 1. The van der Waals surface area contributed by atoms with Crippen LogP contribution >= 0.6 is 11.6 Å². The minimum Gasteiger partial charge on any atom is -0.352 e. The summed E-state index contributed by atoms with van der Waals surface area (Å²) in [4.78, 5) is 15.1. The summed E-state index contributed by atoms with van der Waals surface area (Å²) in [6.07, 6.45) is -4.42. The van der Waals surface area contributed by atoms with Crippen molar-refractivity contribution < 1.29 is 18.0 Å². The molecule has 0 saturated carbocycles. The SMILES string of the molecule is O=C(c1ccc(Cl)cc1)c1cc2ccc(C(F)(F)F)cc2[nH]1. The average Bonchev–Trinajstić information content (AvgIpc) is 2.89. The van der Waals surface area contributed by atoms with E-state index in [-0.39, 0.29) is 17.0 Å². The van der Waals surface area contributed by atoms with Gasteiger partial charge in [-0.3, -0.25) is 4.79 Å². The maximum absolute atomic E-state index is 12.7. The summed E-state index contributed by atoms with van der Waals surface area (Å²) in [6.45, 7) is 0. The molecule has 0 aliphatic rings. The van der Waals surface area contributed by atoms with Crippen molar-refractivity contribution in [2.24, 2.45) is 0 Å². The molecule has 0 atom stereocenters. The third-order valence-electron chi connectivity index (χ3n) is 3.30. The van der Waals surface area contributed by atoms with Gasteiger partial charge >= 0.3 is 6.18 Å². The molecule has 0 radical (unpaired) electrons. The second-order valence-electron chi connectivity index (χ2n) is 4.82. The number of alkyl halides is 3. The summed E-state index contributed by atoms with van der Waals surface area (Å²) >= 11 is 5.76. The maximum atomic E-state index is 12.7. The largest absolute Gasteiger partial charge is 0.416 e. The molecule has 3 aromatic rings. The van der Waals surface area contributed by atoms with Gasteiger partial charge in [0.2, 0.25) is 5.78 Å². The summed E-state index contributed by atoms with van der Waals surface area (Å²) < 4.78 is 38.1. The van der Waals surface area contributed by atoms with E-state index in [2.05, 4.69) is 4.98 Å². The normalized spacial score (nSPS) is 11.8. The molecule has 2 aromatic carbocycles. The monoisotopic (exact) mass is 323 g/mol. The van der Waals surface area contributed by atoms with Gasteiger partial charge in [0.1, 0.15) is 0 Å². The van der Waals surface area contributed by atoms with Crippen LogP contribution in [0.4, 0.5) is 13.2 Å². The van der Waals surface area contributed by atoms with Crippen molar-refractivity contribution >= 4 is 28.3 Å². The quantitative estimate of drug-likeness (QED) is 0.656. The Hall–Kier alpha value is -2.27. The van der Waals surface area contributed by atoms with Crippen LogP contribution in [0.2, 0.25) is 5.02 Å². The highest BCUT2D eigenvalue weighted by atomic mass is 35.5. The molecule has 0 bridgehead atoms. The molecule has 0 amide bonds. The number of hydrogen-bond acceptors (Lipinski definition) is 1. The Morgan fingerprint density at radius 2 is 1.68 bits per heavy atom. The molecule has 2 nitrogen and oxygen atoms in total. The number of H-pyrrole nitrogens is 1. The Morgan fingerprint density at radius 3 is 2.32 bits per heavy atom. The van der Waals surface area contributed by atoms with E-state index in [1.807, 2.05) is 0 Å². The van der Waals surface area contributed by atoms with E-state index in [1.54, 1.807) is 24.3 Å². The van der Waals surface area contributed by atoms with Crippen LogP contribution in [-0.4, -0.2) is 10.8 Å². The van der Waals surface area contributed by atoms with Crippen LogP contribution < -0.4 is 0 Å². The molecule has 0 spiro atoms. The zero-order valence-electron chi connectivity index (χ0n) is 11.0.